The van der Waals surface area contributed by atoms with Crippen molar-refractivity contribution >= 4 is 27.5 Å². The Morgan fingerprint density at radius 3 is 2.88 bits per heavy atom. The lowest BCUT2D eigenvalue weighted by molar-refractivity contribution is 0.0939. The predicted octanol–water partition coefficient (Wildman–Crippen LogP) is 2.68. The fraction of sp³-hybridized carbons (Fsp3) is 0.353. The molecule has 7 heteroatoms. The highest BCUT2D eigenvalue weighted by Gasteiger charge is 2.10. The van der Waals surface area contributed by atoms with E-state index in [1.165, 1.54) is 4.68 Å². The van der Waals surface area contributed by atoms with Crippen LogP contribution in [0.25, 0.3) is 0 Å². The number of nitrogens with one attached hydrogen (secondary N) is 2. The van der Waals surface area contributed by atoms with Gasteiger partial charge in [0, 0.05) is 25.2 Å². The molecule has 2 rings (SSSR count). The van der Waals surface area contributed by atoms with E-state index in [1.54, 1.807) is 19.3 Å². The lowest BCUT2D eigenvalue weighted by Crippen LogP contribution is -2.31. The minimum absolute atomic E-state index is 0.0809. The Morgan fingerprint density at radius 2 is 2.17 bits per heavy atom. The summed E-state index contributed by atoms with van der Waals surface area (Å²) >= 11 is 3.28. The molecule has 2 aromatic rings. The topological polar surface area (TPSA) is 76.0 Å². The Morgan fingerprint density at radius 1 is 1.42 bits per heavy atom. The molecule has 128 valence electrons. The number of benzene rings is 1. The molecule has 0 radical (unpaired) electrons. The highest BCUT2D eigenvalue weighted by atomic mass is 79.9. The number of halogens is 1. The van der Waals surface area contributed by atoms with Gasteiger partial charge in [0.15, 0.2) is 0 Å². The summed E-state index contributed by atoms with van der Waals surface area (Å²) in [7, 11) is 1.59. The summed E-state index contributed by atoms with van der Waals surface area (Å²) in [5.74, 6) is -0.0809. The van der Waals surface area contributed by atoms with E-state index in [9.17, 15) is 9.59 Å². The van der Waals surface area contributed by atoms with Crippen molar-refractivity contribution in [2.75, 3.05) is 5.32 Å². The van der Waals surface area contributed by atoms with E-state index in [-0.39, 0.29) is 17.5 Å². The van der Waals surface area contributed by atoms with Crippen molar-refractivity contribution in [2.24, 2.45) is 7.05 Å². The van der Waals surface area contributed by atoms with E-state index in [0.717, 1.165) is 12.0 Å². The van der Waals surface area contributed by atoms with Gasteiger partial charge < -0.3 is 10.6 Å². The van der Waals surface area contributed by atoms with Crippen LogP contribution in [0, 0.1) is 0 Å². The molecule has 0 aliphatic rings. The molecule has 2 N–H and O–H groups in total. The van der Waals surface area contributed by atoms with Crippen LogP contribution in [0.5, 0.6) is 0 Å². The van der Waals surface area contributed by atoms with Crippen molar-refractivity contribution in [3.63, 3.8) is 0 Å². The highest BCUT2D eigenvalue weighted by Crippen LogP contribution is 2.17. The standard InChI is InChI=1S/C17H21BrN4O2/c1-4-11(2)21-16(23)13-7-5-6-12(8-13)9-19-14-10-20-22(3)17(24)15(14)18/h5-8,10-11,19H,4,9H2,1-3H3,(H,21,23). The number of hydrogen-bond acceptors (Lipinski definition) is 4. The first-order valence-corrected chi connectivity index (χ1v) is 8.57. The van der Waals surface area contributed by atoms with Crippen LogP contribution < -0.4 is 16.2 Å². The normalized spacial score (nSPS) is 11.8. The second-order valence-electron chi connectivity index (χ2n) is 5.64. The SMILES string of the molecule is CCC(C)NC(=O)c1cccc(CNc2cnn(C)c(=O)c2Br)c1. The van der Waals surface area contributed by atoms with Crippen molar-refractivity contribution in [3.8, 4) is 0 Å². The van der Waals surface area contributed by atoms with E-state index in [1.807, 2.05) is 32.0 Å². The van der Waals surface area contributed by atoms with E-state index < -0.39 is 0 Å². The first-order chi connectivity index (χ1) is 11.4. The van der Waals surface area contributed by atoms with Crippen LogP contribution in [-0.4, -0.2) is 21.7 Å². The van der Waals surface area contributed by atoms with Gasteiger partial charge in [-0.2, -0.15) is 5.10 Å². The number of aryl methyl sites for hydroxylation is 1. The number of carbonyl (C=O) groups is 1. The summed E-state index contributed by atoms with van der Waals surface area (Å²) in [4.78, 5) is 24.0. The number of hydrogen-bond donors (Lipinski definition) is 2. The Bertz CT molecular complexity index is 788. The van der Waals surface area contributed by atoms with Gasteiger partial charge in [-0.25, -0.2) is 4.68 Å². The zero-order valence-corrected chi connectivity index (χ0v) is 15.6. The molecule has 24 heavy (non-hydrogen) atoms. The Balaban J connectivity index is 2.09. The number of nitrogens with zero attached hydrogens (tertiary/aromatic N) is 2. The molecule has 1 unspecified atom stereocenters. The van der Waals surface area contributed by atoms with Crippen molar-refractivity contribution in [2.45, 2.75) is 32.9 Å². The van der Waals surface area contributed by atoms with Crippen molar-refractivity contribution < 1.29 is 4.79 Å². The maximum atomic E-state index is 12.2. The maximum Gasteiger partial charge on any atom is 0.282 e. The first-order valence-electron chi connectivity index (χ1n) is 7.77. The van der Waals surface area contributed by atoms with E-state index >= 15 is 0 Å². The van der Waals surface area contributed by atoms with Crippen LogP contribution in [0.2, 0.25) is 0 Å². The van der Waals surface area contributed by atoms with Gasteiger partial charge in [0.05, 0.1) is 11.9 Å². The van der Waals surface area contributed by atoms with Gasteiger partial charge >= 0.3 is 0 Å². The van der Waals surface area contributed by atoms with Crippen LogP contribution in [0.3, 0.4) is 0 Å². The third kappa shape index (κ3) is 4.44. The van der Waals surface area contributed by atoms with Crippen molar-refractivity contribution in [3.05, 3.63) is 56.4 Å². The smallest absolute Gasteiger partial charge is 0.282 e. The molecule has 1 aromatic heterocycles. The third-order valence-electron chi connectivity index (χ3n) is 3.74. The fourth-order valence-electron chi connectivity index (χ4n) is 2.06. The molecule has 1 amide bonds. The number of amides is 1. The van der Waals surface area contributed by atoms with Gasteiger partial charge in [-0.3, -0.25) is 9.59 Å². The van der Waals surface area contributed by atoms with Crippen LogP contribution in [-0.2, 0) is 13.6 Å². The minimum Gasteiger partial charge on any atom is -0.379 e. The van der Waals surface area contributed by atoms with Crippen LogP contribution in [0.1, 0.15) is 36.2 Å². The highest BCUT2D eigenvalue weighted by molar-refractivity contribution is 9.10. The van der Waals surface area contributed by atoms with Gasteiger partial charge in [0.1, 0.15) is 4.47 Å². The number of carbonyl (C=O) groups excluding carboxylic acids is 1. The molecule has 0 aliphatic heterocycles. The Kier molecular flexibility index (Phi) is 6.14. The summed E-state index contributed by atoms with van der Waals surface area (Å²) in [5.41, 5.74) is 1.98. The van der Waals surface area contributed by atoms with Crippen molar-refractivity contribution in [1.82, 2.24) is 15.1 Å². The quantitative estimate of drug-likeness (QED) is 0.792. The molecule has 1 aromatic carbocycles. The van der Waals surface area contributed by atoms with Gasteiger partial charge in [0.25, 0.3) is 11.5 Å². The molecular weight excluding hydrogens is 372 g/mol. The summed E-state index contributed by atoms with van der Waals surface area (Å²) < 4.78 is 1.69. The molecule has 0 aliphatic carbocycles. The van der Waals surface area contributed by atoms with E-state index in [2.05, 4.69) is 31.7 Å². The summed E-state index contributed by atoms with van der Waals surface area (Å²) in [6, 6.07) is 7.54. The largest absolute Gasteiger partial charge is 0.379 e. The second-order valence-corrected chi connectivity index (χ2v) is 6.43. The molecular formula is C17H21BrN4O2. The molecule has 6 nitrogen and oxygen atoms in total. The van der Waals surface area contributed by atoms with Crippen LogP contribution in [0.15, 0.2) is 39.7 Å². The molecule has 0 saturated heterocycles. The van der Waals surface area contributed by atoms with Crippen LogP contribution >= 0.6 is 15.9 Å². The monoisotopic (exact) mass is 392 g/mol. The van der Waals surface area contributed by atoms with Gasteiger partial charge in [-0.05, 0) is 47.0 Å². The van der Waals surface area contributed by atoms with Crippen LogP contribution in [0.4, 0.5) is 5.69 Å². The average molecular weight is 393 g/mol. The van der Waals surface area contributed by atoms with E-state index in [4.69, 9.17) is 0 Å². The summed E-state index contributed by atoms with van der Waals surface area (Å²) in [5, 5.41) is 10.1. The van der Waals surface area contributed by atoms with E-state index in [0.29, 0.717) is 22.3 Å². The molecule has 1 atom stereocenters. The molecule has 0 fully saturated rings. The maximum absolute atomic E-state index is 12.2. The first kappa shape index (κ1) is 18.2. The summed E-state index contributed by atoms with van der Waals surface area (Å²) in [6.07, 6.45) is 2.47. The Labute approximate surface area is 149 Å². The zero-order valence-electron chi connectivity index (χ0n) is 14.0. The molecule has 0 bridgehead atoms. The lowest BCUT2D eigenvalue weighted by Gasteiger charge is -2.13. The summed E-state index contributed by atoms with van der Waals surface area (Å²) in [6.45, 7) is 4.49. The van der Waals surface area contributed by atoms with Gasteiger partial charge in [0.2, 0.25) is 0 Å². The lowest BCUT2D eigenvalue weighted by atomic mass is 10.1. The predicted molar refractivity (Wildman–Crippen MR) is 98.2 cm³/mol. The third-order valence-corrected chi connectivity index (χ3v) is 4.51. The number of aromatic nitrogens is 2. The number of anilines is 1. The zero-order chi connectivity index (χ0) is 17.7. The minimum atomic E-state index is -0.207. The second kappa shape index (κ2) is 8.10. The van der Waals surface area contributed by atoms with Gasteiger partial charge in [-0.15, -0.1) is 0 Å². The Hall–Kier alpha value is -2.15. The van der Waals surface area contributed by atoms with Gasteiger partial charge in [-0.1, -0.05) is 19.1 Å². The van der Waals surface area contributed by atoms with Crippen molar-refractivity contribution in [1.29, 1.82) is 0 Å². The number of rotatable bonds is 6. The average Bonchev–Trinajstić information content (AvgIpc) is 2.59. The fourth-order valence-corrected chi connectivity index (χ4v) is 2.56. The molecule has 1 heterocycles. The molecule has 0 saturated carbocycles. The molecule has 0 spiro atoms.